The molecule has 0 amide bonds. The summed E-state index contributed by atoms with van der Waals surface area (Å²) in [6, 6.07) is 10.2. The van der Waals surface area contributed by atoms with Crippen LogP contribution in [0.15, 0.2) is 54.6 Å². The summed E-state index contributed by atoms with van der Waals surface area (Å²) in [5.41, 5.74) is 0.968. The Morgan fingerprint density at radius 3 is 2.75 bits per heavy atom. The molecule has 0 bridgehead atoms. The summed E-state index contributed by atoms with van der Waals surface area (Å²) in [5.74, 6) is 0. The van der Waals surface area contributed by atoms with E-state index in [0.29, 0.717) is 6.61 Å². The van der Waals surface area contributed by atoms with Gasteiger partial charge in [0.2, 0.25) is 0 Å². The molecular formula is C17H23NO2. The van der Waals surface area contributed by atoms with Gasteiger partial charge in [0.15, 0.2) is 6.23 Å². The van der Waals surface area contributed by atoms with E-state index in [-0.39, 0.29) is 11.8 Å². The maximum absolute atomic E-state index is 5.98. The summed E-state index contributed by atoms with van der Waals surface area (Å²) >= 11 is 0. The Balaban J connectivity index is 1.96. The molecule has 1 heterocycles. The monoisotopic (exact) mass is 273 g/mol. The zero-order valence-corrected chi connectivity index (χ0v) is 12.5. The number of hydroxylamine groups is 2. The highest BCUT2D eigenvalue weighted by molar-refractivity contribution is 5.13. The topological polar surface area (TPSA) is 21.7 Å². The van der Waals surface area contributed by atoms with E-state index in [9.17, 15) is 0 Å². The number of rotatable bonds is 5. The fourth-order valence-corrected chi connectivity index (χ4v) is 2.14. The fraction of sp³-hybridized carbons (Fsp3) is 0.412. The van der Waals surface area contributed by atoms with Gasteiger partial charge >= 0.3 is 0 Å². The minimum Gasteiger partial charge on any atom is -0.350 e. The zero-order chi connectivity index (χ0) is 14.4. The van der Waals surface area contributed by atoms with E-state index < -0.39 is 0 Å². The largest absolute Gasteiger partial charge is 0.350 e. The van der Waals surface area contributed by atoms with Crippen LogP contribution in [0.2, 0.25) is 0 Å². The van der Waals surface area contributed by atoms with E-state index in [1.807, 2.05) is 54.5 Å². The lowest BCUT2D eigenvalue weighted by atomic mass is 10.1. The van der Waals surface area contributed by atoms with Crippen molar-refractivity contribution < 1.29 is 9.57 Å². The molecule has 3 heteroatoms. The van der Waals surface area contributed by atoms with Crippen molar-refractivity contribution in [2.24, 2.45) is 0 Å². The third kappa shape index (κ3) is 4.30. The van der Waals surface area contributed by atoms with Gasteiger partial charge in [-0.1, -0.05) is 48.6 Å². The van der Waals surface area contributed by atoms with Crippen molar-refractivity contribution in [3.8, 4) is 0 Å². The zero-order valence-electron chi connectivity index (χ0n) is 12.5. The Labute approximate surface area is 121 Å². The summed E-state index contributed by atoms with van der Waals surface area (Å²) in [4.78, 5) is 5.90. The lowest BCUT2D eigenvalue weighted by Gasteiger charge is -2.19. The standard InChI is InChI=1S/C17H23NO2/c1-4-5-7-12-16-18(14-17(2,3)20-16)19-13-15-10-8-6-9-11-15/h4-12,16H,13-14H2,1-3H3. The van der Waals surface area contributed by atoms with Crippen molar-refractivity contribution in [3.63, 3.8) is 0 Å². The molecule has 1 aromatic rings. The van der Waals surface area contributed by atoms with Crippen LogP contribution in [-0.4, -0.2) is 23.4 Å². The van der Waals surface area contributed by atoms with Gasteiger partial charge in [0.05, 0.1) is 18.8 Å². The molecule has 0 radical (unpaired) electrons. The lowest BCUT2D eigenvalue weighted by molar-refractivity contribution is -0.198. The number of nitrogens with zero attached hydrogens (tertiary/aromatic N) is 1. The van der Waals surface area contributed by atoms with Gasteiger partial charge in [-0.2, -0.15) is 5.06 Å². The number of hydrogen-bond donors (Lipinski definition) is 0. The first-order chi connectivity index (χ1) is 9.61. The SMILES string of the molecule is CC=CC=CC1OC(C)(C)CN1OCc1ccccc1. The molecule has 0 spiro atoms. The van der Waals surface area contributed by atoms with E-state index in [1.165, 1.54) is 0 Å². The maximum atomic E-state index is 5.98. The van der Waals surface area contributed by atoms with Crippen molar-refractivity contribution >= 4 is 0 Å². The highest BCUT2D eigenvalue weighted by atomic mass is 16.7. The third-order valence-corrected chi connectivity index (χ3v) is 3.08. The van der Waals surface area contributed by atoms with Crippen molar-refractivity contribution in [2.45, 2.75) is 39.2 Å². The highest BCUT2D eigenvalue weighted by Gasteiger charge is 2.37. The Hall–Kier alpha value is -1.42. The van der Waals surface area contributed by atoms with E-state index in [2.05, 4.69) is 26.0 Å². The van der Waals surface area contributed by atoms with Crippen LogP contribution >= 0.6 is 0 Å². The van der Waals surface area contributed by atoms with Gasteiger partial charge in [-0.25, -0.2) is 0 Å². The summed E-state index contributed by atoms with van der Waals surface area (Å²) in [6.45, 7) is 7.47. The van der Waals surface area contributed by atoms with Crippen LogP contribution in [-0.2, 0) is 16.2 Å². The molecule has 1 aromatic carbocycles. The molecule has 1 aliphatic rings. The maximum Gasteiger partial charge on any atom is 0.153 e. The molecule has 0 aromatic heterocycles. The van der Waals surface area contributed by atoms with Crippen molar-refractivity contribution in [1.29, 1.82) is 0 Å². The average Bonchev–Trinajstić information content (AvgIpc) is 2.72. The van der Waals surface area contributed by atoms with E-state index in [0.717, 1.165) is 12.1 Å². The lowest BCUT2D eigenvalue weighted by Crippen LogP contribution is -2.30. The second-order valence-electron chi connectivity index (χ2n) is 5.51. The minimum absolute atomic E-state index is 0.134. The summed E-state index contributed by atoms with van der Waals surface area (Å²) in [7, 11) is 0. The number of benzene rings is 1. The van der Waals surface area contributed by atoms with Gasteiger partial charge in [0, 0.05) is 0 Å². The molecule has 1 aliphatic heterocycles. The Morgan fingerprint density at radius 1 is 1.30 bits per heavy atom. The van der Waals surface area contributed by atoms with Crippen LogP contribution in [0.25, 0.3) is 0 Å². The van der Waals surface area contributed by atoms with Crippen LogP contribution in [0.5, 0.6) is 0 Å². The third-order valence-electron chi connectivity index (χ3n) is 3.08. The first kappa shape index (κ1) is 15.0. The molecule has 0 N–H and O–H groups in total. The smallest absolute Gasteiger partial charge is 0.153 e. The molecule has 1 saturated heterocycles. The molecule has 0 saturated carbocycles. The number of hydrogen-bond acceptors (Lipinski definition) is 3. The molecular weight excluding hydrogens is 250 g/mol. The molecule has 20 heavy (non-hydrogen) atoms. The first-order valence-electron chi connectivity index (χ1n) is 7.01. The van der Waals surface area contributed by atoms with Crippen molar-refractivity contribution in [1.82, 2.24) is 5.06 Å². The van der Waals surface area contributed by atoms with E-state index in [1.54, 1.807) is 0 Å². The number of ether oxygens (including phenoxy) is 1. The molecule has 108 valence electrons. The van der Waals surface area contributed by atoms with Crippen LogP contribution in [0.1, 0.15) is 26.3 Å². The molecule has 2 rings (SSSR count). The van der Waals surface area contributed by atoms with Gasteiger partial charge in [-0.15, -0.1) is 0 Å². The van der Waals surface area contributed by atoms with Crippen molar-refractivity contribution in [2.75, 3.05) is 6.54 Å². The molecule has 1 fully saturated rings. The van der Waals surface area contributed by atoms with E-state index >= 15 is 0 Å². The average molecular weight is 273 g/mol. The van der Waals surface area contributed by atoms with Gasteiger partial charge in [0.1, 0.15) is 0 Å². The second-order valence-corrected chi connectivity index (χ2v) is 5.51. The first-order valence-corrected chi connectivity index (χ1v) is 7.01. The van der Waals surface area contributed by atoms with Crippen molar-refractivity contribution in [3.05, 3.63) is 60.2 Å². The van der Waals surface area contributed by atoms with Gasteiger partial charge in [0.25, 0.3) is 0 Å². The summed E-state index contributed by atoms with van der Waals surface area (Å²) in [6.07, 6.45) is 7.85. The second kappa shape index (κ2) is 6.84. The van der Waals surface area contributed by atoms with Crippen LogP contribution in [0.4, 0.5) is 0 Å². The molecule has 0 aliphatic carbocycles. The van der Waals surface area contributed by atoms with Gasteiger partial charge in [-0.05, 0) is 32.4 Å². The summed E-state index contributed by atoms with van der Waals surface area (Å²) in [5, 5.41) is 1.91. The van der Waals surface area contributed by atoms with Crippen LogP contribution < -0.4 is 0 Å². The normalized spacial score (nSPS) is 23.1. The van der Waals surface area contributed by atoms with Crippen LogP contribution in [0.3, 0.4) is 0 Å². The molecule has 1 unspecified atom stereocenters. The Kier molecular flexibility index (Phi) is 5.12. The Morgan fingerprint density at radius 2 is 2.05 bits per heavy atom. The Bertz CT molecular complexity index is 465. The quantitative estimate of drug-likeness (QED) is 0.764. The molecule has 1 atom stereocenters. The van der Waals surface area contributed by atoms with Gasteiger partial charge < -0.3 is 4.74 Å². The predicted octanol–water partition coefficient (Wildman–Crippen LogP) is 3.69. The molecule has 3 nitrogen and oxygen atoms in total. The van der Waals surface area contributed by atoms with Gasteiger partial charge in [-0.3, -0.25) is 4.84 Å². The highest BCUT2D eigenvalue weighted by Crippen LogP contribution is 2.26. The summed E-state index contributed by atoms with van der Waals surface area (Å²) < 4.78 is 5.98. The minimum atomic E-state index is -0.193. The predicted molar refractivity (Wildman–Crippen MR) is 80.8 cm³/mol. The fourth-order valence-electron chi connectivity index (χ4n) is 2.14. The van der Waals surface area contributed by atoms with Crippen LogP contribution in [0, 0.1) is 0 Å². The van der Waals surface area contributed by atoms with E-state index in [4.69, 9.17) is 9.57 Å². The number of allylic oxidation sites excluding steroid dienone is 3.